The van der Waals surface area contributed by atoms with Gasteiger partial charge in [0.2, 0.25) is 0 Å². The molecule has 1 aromatic heterocycles. The number of aryl methyl sites for hydroxylation is 2. The first-order valence-electron chi connectivity index (χ1n) is 8.37. The third-order valence-electron chi connectivity index (χ3n) is 4.81. The minimum Gasteiger partial charge on any atom is -0.422 e. The molecule has 0 bridgehead atoms. The van der Waals surface area contributed by atoms with Crippen LogP contribution in [0.1, 0.15) is 36.5 Å². The molecule has 0 saturated heterocycles. The largest absolute Gasteiger partial charge is 0.422 e. The van der Waals surface area contributed by atoms with E-state index in [4.69, 9.17) is 4.42 Å². The zero-order valence-electron chi connectivity index (χ0n) is 13.3. The van der Waals surface area contributed by atoms with Gasteiger partial charge in [-0.25, -0.2) is 4.79 Å². The Morgan fingerprint density at radius 3 is 2.83 bits per heavy atom. The van der Waals surface area contributed by atoms with E-state index in [9.17, 15) is 9.90 Å². The van der Waals surface area contributed by atoms with Crippen molar-refractivity contribution in [3.63, 3.8) is 0 Å². The zero-order valence-corrected chi connectivity index (χ0v) is 13.3. The van der Waals surface area contributed by atoms with Crippen LogP contribution in [0.25, 0.3) is 17.0 Å². The second-order valence-corrected chi connectivity index (χ2v) is 6.55. The topological polar surface area (TPSA) is 53.7 Å². The fourth-order valence-electron chi connectivity index (χ4n) is 3.88. The highest BCUT2D eigenvalue weighted by molar-refractivity contribution is 5.93. The summed E-state index contributed by atoms with van der Waals surface area (Å²) in [4.78, 5) is 14.4. The van der Waals surface area contributed by atoms with Gasteiger partial charge < -0.3 is 14.4 Å². The highest BCUT2D eigenvalue weighted by Gasteiger charge is 2.27. The van der Waals surface area contributed by atoms with Gasteiger partial charge in [0.05, 0.1) is 6.10 Å². The van der Waals surface area contributed by atoms with E-state index in [0.29, 0.717) is 0 Å². The summed E-state index contributed by atoms with van der Waals surface area (Å²) >= 11 is 0. The molecule has 1 aromatic carbocycles. The Kier molecular flexibility index (Phi) is 3.49. The van der Waals surface area contributed by atoms with Crippen LogP contribution in [0.2, 0.25) is 0 Å². The Labute approximate surface area is 135 Å². The van der Waals surface area contributed by atoms with Crippen LogP contribution in [0.4, 0.5) is 5.69 Å². The molecular weight excluding hydrogens is 290 g/mol. The molecule has 2 aliphatic heterocycles. The number of benzene rings is 1. The summed E-state index contributed by atoms with van der Waals surface area (Å²) in [6.07, 6.45) is 7.30. The number of rotatable bonds is 2. The third kappa shape index (κ3) is 2.47. The van der Waals surface area contributed by atoms with Gasteiger partial charge in [0.15, 0.2) is 0 Å². The SMILES string of the molecule is CC(O)/C=C/c1cc(=O)oc2c3c4c(cc12)CCCN4CCC3. The second-order valence-electron chi connectivity index (χ2n) is 6.55. The first-order chi connectivity index (χ1) is 11.1. The molecular formula is C19H21NO3. The van der Waals surface area contributed by atoms with Crippen molar-refractivity contribution < 1.29 is 9.52 Å². The van der Waals surface area contributed by atoms with E-state index in [1.807, 2.05) is 6.08 Å². The Morgan fingerprint density at radius 2 is 2.04 bits per heavy atom. The molecule has 0 aliphatic carbocycles. The average Bonchev–Trinajstić information content (AvgIpc) is 2.54. The molecule has 0 amide bonds. The molecule has 120 valence electrons. The number of anilines is 1. The fourth-order valence-corrected chi connectivity index (χ4v) is 3.88. The number of hydrogen-bond acceptors (Lipinski definition) is 4. The number of aliphatic hydroxyl groups is 1. The minimum atomic E-state index is -0.538. The van der Waals surface area contributed by atoms with Gasteiger partial charge in [-0.3, -0.25) is 0 Å². The molecule has 4 rings (SSSR count). The van der Waals surface area contributed by atoms with Crippen molar-refractivity contribution in [3.05, 3.63) is 45.3 Å². The normalized spacial score (nSPS) is 18.4. The highest BCUT2D eigenvalue weighted by Crippen LogP contribution is 2.40. The standard InChI is InChI=1S/C19H21NO3/c1-12(21)6-7-13-11-17(22)23-19-15-5-3-9-20-8-2-4-14(18(15)20)10-16(13)19/h6-7,10-12,21H,2-5,8-9H2,1H3/b7-6+. The number of aliphatic hydroxyl groups excluding tert-OH is 1. The van der Waals surface area contributed by atoms with Crippen molar-refractivity contribution in [2.45, 2.75) is 38.7 Å². The average molecular weight is 311 g/mol. The molecule has 2 aromatic rings. The van der Waals surface area contributed by atoms with Gasteiger partial charge >= 0.3 is 5.63 Å². The van der Waals surface area contributed by atoms with Gasteiger partial charge in [-0.2, -0.15) is 0 Å². The molecule has 0 fully saturated rings. The van der Waals surface area contributed by atoms with Crippen molar-refractivity contribution >= 4 is 22.7 Å². The summed E-state index contributed by atoms with van der Waals surface area (Å²) in [5.74, 6) is 0. The molecule has 23 heavy (non-hydrogen) atoms. The van der Waals surface area contributed by atoms with Crippen molar-refractivity contribution in [1.29, 1.82) is 0 Å². The molecule has 0 spiro atoms. The van der Waals surface area contributed by atoms with Crippen LogP contribution in [0.5, 0.6) is 0 Å². The second kappa shape index (κ2) is 5.53. The van der Waals surface area contributed by atoms with Crippen LogP contribution < -0.4 is 10.5 Å². The first kappa shape index (κ1) is 14.5. The molecule has 2 aliphatic rings. The molecule has 4 nitrogen and oxygen atoms in total. The highest BCUT2D eigenvalue weighted by atomic mass is 16.4. The van der Waals surface area contributed by atoms with Crippen molar-refractivity contribution in [2.24, 2.45) is 0 Å². The Hall–Kier alpha value is -2.07. The molecule has 1 N–H and O–H groups in total. The number of nitrogens with zero attached hydrogens (tertiary/aromatic N) is 1. The van der Waals surface area contributed by atoms with Crippen LogP contribution in [0.3, 0.4) is 0 Å². The molecule has 1 unspecified atom stereocenters. The lowest BCUT2D eigenvalue weighted by atomic mass is 9.89. The molecule has 4 heteroatoms. The molecule has 0 saturated carbocycles. The van der Waals surface area contributed by atoms with Crippen molar-refractivity contribution in [2.75, 3.05) is 18.0 Å². The Bertz CT molecular complexity index is 846. The maximum Gasteiger partial charge on any atom is 0.336 e. The van der Waals surface area contributed by atoms with Gasteiger partial charge in [-0.15, -0.1) is 0 Å². The summed E-state index contributed by atoms with van der Waals surface area (Å²) < 4.78 is 5.60. The van der Waals surface area contributed by atoms with Crippen LogP contribution in [0.15, 0.2) is 27.4 Å². The monoisotopic (exact) mass is 311 g/mol. The van der Waals surface area contributed by atoms with Gasteiger partial charge in [-0.1, -0.05) is 12.2 Å². The smallest absolute Gasteiger partial charge is 0.336 e. The molecule has 0 radical (unpaired) electrons. The third-order valence-corrected chi connectivity index (χ3v) is 4.81. The lowest BCUT2D eigenvalue weighted by molar-refractivity contribution is 0.245. The Morgan fingerprint density at radius 1 is 1.26 bits per heavy atom. The van der Waals surface area contributed by atoms with E-state index < -0.39 is 6.10 Å². The van der Waals surface area contributed by atoms with Crippen molar-refractivity contribution in [1.82, 2.24) is 0 Å². The van der Waals surface area contributed by atoms with Gasteiger partial charge in [0.1, 0.15) is 5.58 Å². The summed E-state index contributed by atoms with van der Waals surface area (Å²) in [6, 6.07) is 3.69. The van der Waals surface area contributed by atoms with Crippen molar-refractivity contribution in [3.8, 4) is 0 Å². The first-order valence-corrected chi connectivity index (χ1v) is 8.37. The van der Waals surface area contributed by atoms with Gasteiger partial charge in [-0.05, 0) is 49.8 Å². The minimum absolute atomic E-state index is 0.327. The van der Waals surface area contributed by atoms with Crippen LogP contribution in [-0.4, -0.2) is 24.3 Å². The summed E-state index contributed by atoms with van der Waals surface area (Å²) in [5.41, 5.74) is 5.08. The number of hydrogen-bond donors (Lipinski definition) is 1. The summed E-state index contributed by atoms with van der Waals surface area (Å²) in [6.45, 7) is 3.89. The van der Waals surface area contributed by atoms with E-state index >= 15 is 0 Å². The predicted molar refractivity (Wildman–Crippen MR) is 92.1 cm³/mol. The van der Waals surface area contributed by atoms with E-state index in [0.717, 1.165) is 48.9 Å². The quantitative estimate of drug-likeness (QED) is 0.867. The zero-order chi connectivity index (χ0) is 16.0. The maximum atomic E-state index is 12.0. The van der Waals surface area contributed by atoms with Gasteiger partial charge in [0, 0.05) is 35.8 Å². The summed E-state index contributed by atoms with van der Waals surface area (Å²) in [7, 11) is 0. The van der Waals surface area contributed by atoms with Crippen LogP contribution in [-0.2, 0) is 12.8 Å². The van der Waals surface area contributed by atoms with Gasteiger partial charge in [0.25, 0.3) is 0 Å². The van der Waals surface area contributed by atoms with E-state index in [2.05, 4.69) is 11.0 Å². The summed E-state index contributed by atoms with van der Waals surface area (Å²) in [5, 5.41) is 10.5. The van der Waals surface area contributed by atoms with E-state index in [1.165, 1.54) is 29.3 Å². The van der Waals surface area contributed by atoms with E-state index in [1.54, 1.807) is 13.0 Å². The van der Waals surface area contributed by atoms with Crippen LogP contribution >= 0.6 is 0 Å². The fraction of sp³-hybridized carbons (Fsp3) is 0.421. The predicted octanol–water partition coefficient (Wildman–Crippen LogP) is 2.89. The lowest BCUT2D eigenvalue weighted by Gasteiger charge is -2.37. The van der Waals surface area contributed by atoms with Crippen LogP contribution in [0, 0.1) is 0 Å². The van der Waals surface area contributed by atoms with E-state index in [-0.39, 0.29) is 5.63 Å². The molecule has 1 atom stereocenters. The Balaban J connectivity index is 2.02. The molecule has 3 heterocycles. The number of fused-ring (bicyclic) bond motifs is 2. The maximum absolute atomic E-state index is 12.0. The lowest BCUT2D eigenvalue weighted by Crippen LogP contribution is -2.34.